The molecule has 1 atom stereocenters. The van der Waals surface area contributed by atoms with Crippen LogP contribution in [0.4, 0.5) is 0 Å². The molecule has 0 bridgehead atoms. The zero-order valence-electron chi connectivity index (χ0n) is 8.23. The minimum atomic E-state index is 0.591. The average Bonchev–Trinajstić information content (AvgIpc) is 2.84. The van der Waals surface area contributed by atoms with Gasteiger partial charge in [-0.3, -0.25) is 0 Å². The third-order valence-electron chi connectivity index (χ3n) is 2.57. The van der Waals surface area contributed by atoms with Gasteiger partial charge in [-0.05, 0) is 26.0 Å². The van der Waals surface area contributed by atoms with Crippen LogP contribution in [0.3, 0.4) is 0 Å². The van der Waals surface area contributed by atoms with Crippen LogP contribution in [-0.2, 0) is 0 Å². The molecule has 0 saturated heterocycles. The van der Waals surface area contributed by atoms with E-state index in [9.17, 15) is 0 Å². The summed E-state index contributed by atoms with van der Waals surface area (Å²) in [6, 6.07) is 0.591. The Morgan fingerprint density at radius 3 is 3.08 bits per heavy atom. The molecule has 3 heteroatoms. The van der Waals surface area contributed by atoms with Crippen molar-refractivity contribution in [3.05, 3.63) is 18.2 Å². The molecule has 2 rings (SSSR count). The second kappa shape index (κ2) is 3.74. The topological polar surface area (TPSA) is 17.8 Å². The van der Waals surface area contributed by atoms with Gasteiger partial charge < -0.3 is 4.57 Å². The Morgan fingerprint density at radius 1 is 1.69 bits per heavy atom. The molecule has 1 aromatic heterocycles. The van der Waals surface area contributed by atoms with Crippen molar-refractivity contribution in [2.75, 3.05) is 12.0 Å². The van der Waals surface area contributed by atoms with Gasteiger partial charge in [0.05, 0.1) is 6.33 Å². The summed E-state index contributed by atoms with van der Waals surface area (Å²) in [7, 11) is 0. The minimum Gasteiger partial charge on any atom is -0.331 e. The fourth-order valence-corrected chi connectivity index (χ4v) is 2.34. The van der Waals surface area contributed by atoms with Crippen LogP contribution in [0.2, 0.25) is 0 Å². The van der Waals surface area contributed by atoms with E-state index >= 15 is 0 Å². The summed E-state index contributed by atoms with van der Waals surface area (Å²) in [5, 5.41) is 0. The molecular weight excluding hydrogens is 180 g/mol. The van der Waals surface area contributed by atoms with Crippen LogP contribution in [0.5, 0.6) is 0 Å². The van der Waals surface area contributed by atoms with Crippen molar-refractivity contribution >= 4 is 11.8 Å². The second-order valence-electron chi connectivity index (χ2n) is 3.80. The monoisotopic (exact) mass is 196 g/mol. The molecule has 1 aliphatic rings. The number of rotatable bonds is 4. The van der Waals surface area contributed by atoms with Crippen LogP contribution < -0.4 is 0 Å². The Balaban J connectivity index is 2.13. The van der Waals surface area contributed by atoms with E-state index in [-0.39, 0.29) is 0 Å². The van der Waals surface area contributed by atoms with E-state index in [1.165, 1.54) is 24.3 Å². The summed E-state index contributed by atoms with van der Waals surface area (Å²) in [6.45, 7) is 2.27. The first-order valence-electron chi connectivity index (χ1n) is 4.83. The van der Waals surface area contributed by atoms with Crippen molar-refractivity contribution in [1.29, 1.82) is 0 Å². The zero-order chi connectivity index (χ0) is 9.26. The fourth-order valence-electron chi connectivity index (χ4n) is 1.70. The van der Waals surface area contributed by atoms with Crippen molar-refractivity contribution in [3.63, 3.8) is 0 Å². The highest BCUT2D eigenvalue weighted by atomic mass is 32.2. The summed E-state index contributed by atoms with van der Waals surface area (Å²) in [5.41, 5.74) is 1.45. The third kappa shape index (κ3) is 1.90. The Kier molecular flexibility index (Phi) is 2.63. The Morgan fingerprint density at radius 2 is 2.46 bits per heavy atom. The van der Waals surface area contributed by atoms with Crippen LogP contribution >= 0.6 is 11.8 Å². The molecule has 72 valence electrons. The largest absolute Gasteiger partial charge is 0.331 e. The smallest absolute Gasteiger partial charge is 0.0951 e. The molecule has 0 radical (unpaired) electrons. The Hall–Kier alpha value is -0.440. The van der Waals surface area contributed by atoms with Gasteiger partial charge in [-0.25, -0.2) is 4.98 Å². The van der Waals surface area contributed by atoms with Crippen LogP contribution in [0.25, 0.3) is 0 Å². The van der Waals surface area contributed by atoms with Crippen molar-refractivity contribution < 1.29 is 0 Å². The highest BCUT2D eigenvalue weighted by Crippen LogP contribution is 2.40. The molecule has 1 heterocycles. The minimum absolute atomic E-state index is 0.591. The highest BCUT2D eigenvalue weighted by molar-refractivity contribution is 7.98. The maximum atomic E-state index is 4.24. The van der Waals surface area contributed by atoms with E-state index in [1.54, 1.807) is 0 Å². The SMILES string of the molecule is CSCC(C)n1cncc1C1CC1. The molecule has 0 aliphatic heterocycles. The van der Waals surface area contributed by atoms with Crippen LogP contribution in [-0.4, -0.2) is 21.6 Å². The Bertz CT molecular complexity index is 278. The van der Waals surface area contributed by atoms with Gasteiger partial charge in [0.2, 0.25) is 0 Å². The molecule has 2 nitrogen and oxygen atoms in total. The van der Waals surface area contributed by atoms with Crippen LogP contribution in [0.1, 0.15) is 37.4 Å². The van der Waals surface area contributed by atoms with Gasteiger partial charge in [-0.1, -0.05) is 0 Å². The molecule has 1 saturated carbocycles. The lowest BCUT2D eigenvalue weighted by molar-refractivity contribution is 0.583. The normalized spacial score (nSPS) is 18.9. The van der Waals surface area contributed by atoms with Gasteiger partial charge >= 0.3 is 0 Å². The molecular formula is C10H16N2S. The first kappa shape index (κ1) is 9.13. The van der Waals surface area contributed by atoms with Crippen LogP contribution in [0.15, 0.2) is 12.5 Å². The van der Waals surface area contributed by atoms with Crippen molar-refractivity contribution in [2.24, 2.45) is 0 Å². The summed E-state index contributed by atoms with van der Waals surface area (Å²) in [5.74, 6) is 1.99. The summed E-state index contributed by atoms with van der Waals surface area (Å²) in [6.07, 6.45) is 8.89. The first-order chi connectivity index (χ1) is 6.33. The summed E-state index contributed by atoms with van der Waals surface area (Å²) >= 11 is 1.90. The number of hydrogen-bond donors (Lipinski definition) is 0. The predicted octanol–water partition coefficient (Wildman–Crippen LogP) is 2.68. The van der Waals surface area contributed by atoms with E-state index in [1.807, 2.05) is 24.3 Å². The summed E-state index contributed by atoms with van der Waals surface area (Å²) in [4.78, 5) is 4.24. The van der Waals surface area contributed by atoms with Gasteiger partial charge in [0.15, 0.2) is 0 Å². The maximum Gasteiger partial charge on any atom is 0.0951 e. The molecule has 0 N–H and O–H groups in total. The third-order valence-corrected chi connectivity index (χ3v) is 3.39. The van der Waals surface area contributed by atoms with Gasteiger partial charge in [0.1, 0.15) is 0 Å². The average molecular weight is 196 g/mol. The first-order valence-corrected chi connectivity index (χ1v) is 6.23. The lowest BCUT2D eigenvalue weighted by Crippen LogP contribution is -2.09. The number of imidazole rings is 1. The molecule has 13 heavy (non-hydrogen) atoms. The van der Waals surface area contributed by atoms with Gasteiger partial charge in [0.25, 0.3) is 0 Å². The van der Waals surface area contributed by atoms with E-state index in [4.69, 9.17) is 0 Å². The lowest BCUT2D eigenvalue weighted by atomic mass is 10.3. The van der Waals surface area contributed by atoms with Crippen molar-refractivity contribution in [2.45, 2.75) is 31.7 Å². The van der Waals surface area contributed by atoms with E-state index in [0.717, 1.165) is 5.92 Å². The molecule has 0 aromatic carbocycles. The molecule has 0 amide bonds. The van der Waals surface area contributed by atoms with Gasteiger partial charge in [-0.2, -0.15) is 11.8 Å². The Labute approximate surface area is 83.7 Å². The predicted molar refractivity (Wildman–Crippen MR) is 57.3 cm³/mol. The zero-order valence-corrected chi connectivity index (χ0v) is 9.05. The molecule has 1 unspecified atom stereocenters. The van der Waals surface area contributed by atoms with Crippen molar-refractivity contribution in [1.82, 2.24) is 9.55 Å². The number of aromatic nitrogens is 2. The number of thioether (sulfide) groups is 1. The highest BCUT2D eigenvalue weighted by Gasteiger charge is 2.27. The van der Waals surface area contributed by atoms with Gasteiger partial charge in [0, 0.05) is 29.6 Å². The summed E-state index contributed by atoms with van der Waals surface area (Å²) < 4.78 is 2.34. The van der Waals surface area contributed by atoms with E-state index in [0.29, 0.717) is 6.04 Å². The molecule has 0 spiro atoms. The molecule has 1 aromatic rings. The van der Waals surface area contributed by atoms with E-state index in [2.05, 4.69) is 22.7 Å². The van der Waals surface area contributed by atoms with Gasteiger partial charge in [-0.15, -0.1) is 0 Å². The van der Waals surface area contributed by atoms with E-state index < -0.39 is 0 Å². The maximum absolute atomic E-state index is 4.24. The fraction of sp³-hybridized carbons (Fsp3) is 0.700. The number of hydrogen-bond acceptors (Lipinski definition) is 2. The lowest BCUT2D eigenvalue weighted by Gasteiger charge is -2.14. The standard InChI is InChI=1S/C10H16N2S/c1-8(6-13-2)12-7-11-5-10(12)9-3-4-9/h5,7-9H,3-4,6H2,1-2H3. The van der Waals surface area contributed by atoms with Crippen LogP contribution in [0, 0.1) is 0 Å². The number of nitrogens with zero attached hydrogens (tertiary/aromatic N) is 2. The van der Waals surface area contributed by atoms with Crippen molar-refractivity contribution in [3.8, 4) is 0 Å². The molecule has 1 fully saturated rings. The molecule has 1 aliphatic carbocycles. The quantitative estimate of drug-likeness (QED) is 0.737. The second-order valence-corrected chi connectivity index (χ2v) is 4.72.